The van der Waals surface area contributed by atoms with Gasteiger partial charge in [0.1, 0.15) is 0 Å². The van der Waals surface area contributed by atoms with Crippen molar-refractivity contribution in [2.45, 2.75) is 91.9 Å². The molecule has 0 saturated heterocycles. The second-order valence-electron chi connectivity index (χ2n) is 7.30. The van der Waals surface area contributed by atoms with Crippen molar-refractivity contribution in [1.82, 2.24) is 0 Å². The van der Waals surface area contributed by atoms with Crippen LogP contribution in [0, 0.1) is 11.8 Å². The molecule has 0 aliphatic heterocycles. The summed E-state index contributed by atoms with van der Waals surface area (Å²) in [5.41, 5.74) is 0. The van der Waals surface area contributed by atoms with E-state index in [0.717, 1.165) is 64.3 Å². The predicted octanol–water partition coefficient (Wildman–Crippen LogP) is 6.25. The van der Waals surface area contributed by atoms with Crippen LogP contribution in [0.15, 0.2) is 0 Å². The fraction of sp³-hybridized carbons (Fsp3) is 1.00. The molecular formula is C22H46O3. The maximum absolute atomic E-state index is 5.80. The molecule has 0 aromatic rings. The fourth-order valence-corrected chi connectivity index (χ4v) is 2.92. The van der Waals surface area contributed by atoms with Crippen molar-refractivity contribution in [3.05, 3.63) is 0 Å². The largest absolute Gasteiger partial charge is 0.381 e. The van der Waals surface area contributed by atoms with Gasteiger partial charge in [-0.2, -0.15) is 0 Å². The van der Waals surface area contributed by atoms with Gasteiger partial charge < -0.3 is 14.2 Å². The molecular weight excluding hydrogens is 312 g/mol. The lowest BCUT2D eigenvalue weighted by Gasteiger charge is -2.15. The van der Waals surface area contributed by atoms with Gasteiger partial charge in [0.25, 0.3) is 0 Å². The highest BCUT2D eigenvalue weighted by molar-refractivity contribution is 4.56. The summed E-state index contributed by atoms with van der Waals surface area (Å²) in [4.78, 5) is 0. The molecule has 0 aromatic heterocycles. The zero-order chi connectivity index (χ0) is 18.6. The van der Waals surface area contributed by atoms with E-state index in [1.165, 1.54) is 51.4 Å². The summed E-state index contributed by atoms with van der Waals surface area (Å²) in [5, 5.41) is 0. The van der Waals surface area contributed by atoms with Crippen molar-refractivity contribution in [2.24, 2.45) is 11.8 Å². The summed E-state index contributed by atoms with van der Waals surface area (Å²) in [6.45, 7) is 14.1. The van der Waals surface area contributed by atoms with Gasteiger partial charge in [0, 0.05) is 39.6 Å². The Labute approximate surface area is 158 Å². The zero-order valence-corrected chi connectivity index (χ0v) is 17.7. The van der Waals surface area contributed by atoms with Gasteiger partial charge in [-0.15, -0.1) is 0 Å². The van der Waals surface area contributed by atoms with Crippen LogP contribution in [0.5, 0.6) is 0 Å². The van der Waals surface area contributed by atoms with Crippen LogP contribution in [0.1, 0.15) is 91.9 Å². The Hall–Kier alpha value is -0.120. The molecule has 0 saturated carbocycles. The van der Waals surface area contributed by atoms with Crippen molar-refractivity contribution in [2.75, 3.05) is 39.6 Å². The molecule has 0 spiro atoms. The Balaban J connectivity index is 3.30. The van der Waals surface area contributed by atoms with E-state index in [-0.39, 0.29) is 0 Å². The highest BCUT2D eigenvalue weighted by Gasteiger charge is 2.06. The maximum atomic E-state index is 5.80. The molecule has 0 fully saturated rings. The fourth-order valence-electron chi connectivity index (χ4n) is 2.92. The first-order valence-corrected chi connectivity index (χ1v) is 11.0. The second-order valence-corrected chi connectivity index (χ2v) is 7.30. The van der Waals surface area contributed by atoms with Gasteiger partial charge in [-0.3, -0.25) is 0 Å². The Morgan fingerprint density at radius 1 is 0.520 bits per heavy atom. The van der Waals surface area contributed by atoms with E-state index < -0.39 is 0 Å². The molecule has 0 rings (SSSR count). The minimum Gasteiger partial charge on any atom is -0.381 e. The summed E-state index contributed by atoms with van der Waals surface area (Å²) in [6.07, 6.45) is 12.3. The topological polar surface area (TPSA) is 27.7 Å². The van der Waals surface area contributed by atoms with Crippen LogP contribution >= 0.6 is 0 Å². The Morgan fingerprint density at radius 3 is 1.28 bits per heavy atom. The van der Waals surface area contributed by atoms with E-state index in [4.69, 9.17) is 14.2 Å². The van der Waals surface area contributed by atoms with Crippen molar-refractivity contribution >= 4 is 0 Å². The number of rotatable bonds is 20. The standard InChI is InChI=1S/C22H46O3/c1-5-9-13-21(7-3)19-24-17-11-15-23-16-12-18-25-20-22(8-4)14-10-6-2/h21-22H,5-20H2,1-4H3. The van der Waals surface area contributed by atoms with Crippen LogP contribution < -0.4 is 0 Å². The molecule has 152 valence electrons. The summed E-state index contributed by atoms with van der Waals surface area (Å²) < 4.78 is 17.3. The number of hydrogen-bond acceptors (Lipinski definition) is 3. The minimum absolute atomic E-state index is 0.738. The van der Waals surface area contributed by atoms with Crippen molar-refractivity contribution in [3.63, 3.8) is 0 Å². The number of unbranched alkanes of at least 4 members (excludes halogenated alkanes) is 2. The van der Waals surface area contributed by atoms with Gasteiger partial charge in [0.2, 0.25) is 0 Å². The lowest BCUT2D eigenvalue weighted by atomic mass is 10.0. The average molecular weight is 359 g/mol. The molecule has 2 atom stereocenters. The Morgan fingerprint density at radius 2 is 0.920 bits per heavy atom. The first-order chi connectivity index (χ1) is 12.3. The molecule has 0 aliphatic rings. The lowest BCUT2D eigenvalue weighted by molar-refractivity contribution is 0.0460. The first-order valence-electron chi connectivity index (χ1n) is 11.0. The monoisotopic (exact) mass is 358 g/mol. The quantitative estimate of drug-likeness (QED) is 0.241. The molecule has 3 heteroatoms. The van der Waals surface area contributed by atoms with E-state index in [0.29, 0.717) is 0 Å². The highest BCUT2D eigenvalue weighted by Crippen LogP contribution is 2.13. The van der Waals surface area contributed by atoms with E-state index >= 15 is 0 Å². The van der Waals surface area contributed by atoms with Crippen LogP contribution in [0.2, 0.25) is 0 Å². The Kier molecular flexibility index (Phi) is 20.1. The molecule has 0 amide bonds. The molecule has 0 aliphatic carbocycles. The summed E-state index contributed by atoms with van der Waals surface area (Å²) >= 11 is 0. The van der Waals surface area contributed by atoms with E-state index in [1.807, 2.05) is 0 Å². The summed E-state index contributed by atoms with van der Waals surface area (Å²) in [6, 6.07) is 0. The van der Waals surface area contributed by atoms with Crippen molar-refractivity contribution in [1.29, 1.82) is 0 Å². The van der Waals surface area contributed by atoms with Crippen molar-refractivity contribution in [3.8, 4) is 0 Å². The summed E-state index contributed by atoms with van der Waals surface area (Å²) in [7, 11) is 0. The molecule has 0 N–H and O–H groups in total. The number of ether oxygens (including phenoxy) is 3. The predicted molar refractivity (Wildman–Crippen MR) is 108 cm³/mol. The minimum atomic E-state index is 0.738. The lowest BCUT2D eigenvalue weighted by Crippen LogP contribution is -2.12. The van der Waals surface area contributed by atoms with Gasteiger partial charge in [0.05, 0.1) is 0 Å². The normalized spacial score (nSPS) is 13.9. The van der Waals surface area contributed by atoms with Gasteiger partial charge in [-0.05, 0) is 37.5 Å². The molecule has 0 heterocycles. The maximum Gasteiger partial charge on any atom is 0.0494 e. The van der Waals surface area contributed by atoms with E-state index in [9.17, 15) is 0 Å². The molecule has 0 aromatic carbocycles. The Bertz CT molecular complexity index is 221. The molecule has 0 bridgehead atoms. The van der Waals surface area contributed by atoms with Crippen LogP contribution in [-0.2, 0) is 14.2 Å². The first kappa shape index (κ1) is 24.9. The third kappa shape index (κ3) is 17.1. The van der Waals surface area contributed by atoms with Crippen LogP contribution in [-0.4, -0.2) is 39.6 Å². The molecule has 3 nitrogen and oxygen atoms in total. The summed E-state index contributed by atoms with van der Waals surface area (Å²) in [5.74, 6) is 1.48. The van der Waals surface area contributed by atoms with Gasteiger partial charge in [-0.25, -0.2) is 0 Å². The third-order valence-corrected chi connectivity index (χ3v) is 4.95. The van der Waals surface area contributed by atoms with Gasteiger partial charge >= 0.3 is 0 Å². The average Bonchev–Trinajstić information content (AvgIpc) is 2.64. The highest BCUT2D eigenvalue weighted by atomic mass is 16.5. The second kappa shape index (κ2) is 20.2. The molecule has 0 radical (unpaired) electrons. The van der Waals surface area contributed by atoms with Gasteiger partial charge in [-0.1, -0.05) is 66.2 Å². The van der Waals surface area contributed by atoms with Crippen molar-refractivity contribution < 1.29 is 14.2 Å². The SMILES string of the molecule is CCCCC(CC)COCCCOCCCOCC(CC)CCCC. The third-order valence-electron chi connectivity index (χ3n) is 4.95. The van der Waals surface area contributed by atoms with E-state index in [2.05, 4.69) is 27.7 Å². The van der Waals surface area contributed by atoms with Crippen LogP contribution in [0.3, 0.4) is 0 Å². The smallest absolute Gasteiger partial charge is 0.0494 e. The van der Waals surface area contributed by atoms with Gasteiger partial charge in [0.15, 0.2) is 0 Å². The zero-order valence-electron chi connectivity index (χ0n) is 17.7. The van der Waals surface area contributed by atoms with Crippen LogP contribution in [0.25, 0.3) is 0 Å². The molecule has 25 heavy (non-hydrogen) atoms. The van der Waals surface area contributed by atoms with E-state index in [1.54, 1.807) is 0 Å². The number of hydrogen-bond donors (Lipinski definition) is 0. The molecule has 2 unspecified atom stereocenters. The van der Waals surface area contributed by atoms with Crippen LogP contribution in [0.4, 0.5) is 0 Å².